The van der Waals surface area contributed by atoms with Crippen LogP contribution in [0.3, 0.4) is 0 Å². The zero-order valence-corrected chi connectivity index (χ0v) is 19.0. The highest BCUT2D eigenvalue weighted by atomic mass is 80.9. The third kappa shape index (κ3) is 6.22. The van der Waals surface area contributed by atoms with E-state index in [9.17, 15) is 0 Å². The lowest BCUT2D eigenvalue weighted by molar-refractivity contribution is 0.392. The molecule has 0 N–H and O–H groups in total. The minimum Gasteiger partial charge on any atom is -0.481 e. The van der Waals surface area contributed by atoms with Crippen molar-refractivity contribution in [3.8, 4) is 11.8 Å². The molecule has 2 heterocycles. The molecule has 2 aromatic rings. The Morgan fingerprint density at radius 2 is 1.48 bits per heavy atom. The van der Waals surface area contributed by atoms with Gasteiger partial charge in [-0.3, -0.25) is 0 Å². The number of ether oxygens (including phenoxy) is 2. The molecule has 2 aliphatic carbocycles. The molecule has 0 radical (unpaired) electrons. The first kappa shape index (κ1) is 20.6. The van der Waals surface area contributed by atoms with Gasteiger partial charge in [0.25, 0.3) is 0 Å². The lowest BCUT2D eigenvalue weighted by Gasteiger charge is -2.05. The summed E-state index contributed by atoms with van der Waals surface area (Å²) in [5.41, 5.74) is 2.52. The summed E-state index contributed by atoms with van der Waals surface area (Å²) in [6.45, 7) is 0. The number of hydrogen-bond acceptors (Lipinski definition) is 4. The van der Waals surface area contributed by atoms with Gasteiger partial charge in [0.1, 0.15) is 0 Å². The average Bonchev–Trinajstić information content (AvgIpc) is 3.56. The van der Waals surface area contributed by atoms with E-state index in [0.717, 1.165) is 22.2 Å². The van der Waals surface area contributed by atoms with Crippen molar-refractivity contribution in [3.63, 3.8) is 0 Å². The minimum atomic E-state index is 0.685. The third-order valence-electron chi connectivity index (χ3n) is 4.07. The summed E-state index contributed by atoms with van der Waals surface area (Å²) in [5, 5.41) is 0. The standard InChI is InChI=1S/C9H10BrNO.C9H11NO.Br2/c1-12-9-8(6-2-3-6)4-7(10)5-11-9;1-11-9-8(7-4-5-7)3-2-6-10-9;1-2/h4-6H,2-3H2,1H3;2-3,6-7H,4-5H2,1H3;. The molecule has 7 heteroatoms. The maximum Gasteiger partial charge on any atom is 0.216 e. The molecule has 0 spiro atoms. The second kappa shape index (κ2) is 10.5. The van der Waals surface area contributed by atoms with Gasteiger partial charge in [0.05, 0.1) is 14.2 Å². The number of methoxy groups -OCH3 is 2. The van der Waals surface area contributed by atoms with Gasteiger partial charge in [0, 0.05) is 56.2 Å². The maximum absolute atomic E-state index is 5.17. The summed E-state index contributed by atoms with van der Waals surface area (Å²) in [5.74, 6) is 2.99. The summed E-state index contributed by atoms with van der Waals surface area (Å²) in [6.07, 6.45) is 8.67. The Kier molecular flexibility index (Phi) is 8.66. The zero-order chi connectivity index (χ0) is 18.2. The number of halogens is 3. The van der Waals surface area contributed by atoms with Crippen molar-refractivity contribution in [1.29, 1.82) is 0 Å². The Morgan fingerprint density at radius 1 is 0.920 bits per heavy atom. The van der Waals surface area contributed by atoms with Crippen LogP contribution in [0.5, 0.6) is 11.8 Å². The van der Waals surface area contributed by atoms with E-state index < -0.39 is 0 Å². The van der Waals surface area contributed by atoms with Crippen LogP contribution in [0, 0.1) is 0 Å². The van der Waals surface area contributed by atoms with Crippen LogP contribution in [0.1, 0.15) is 48.6 Å². The van der Waals surface area contributed by atoms with Gasteiger partial charge in [-0.1, -0.05) is 6.07 Å². The third-order valence-corrected chi connectivity index (χ3v) is 4.50. The van der Waals surface area contributed by atoms with Crippen LogP contribution >= 0.6 is 44.2 Å². The van der Waals surface area contributed by atoms with Crippen molar-refractivity contribution in [2.45, 2.75) is 37.5 Å². The van der Waals surface area contributed by atoms with Gasteiger partial charge in [-0.2, -0.15) is 0 Å². The second-order valence-electron chi connectivity index (χ2n) is 5.90. The van der Waals surface area contributed by atoms with E-state index in [1.54, 1.807) is 26.6 Å². The summed E-state index contributed by atoms with van der Waals surface area (Å²) in [7, 11) is 3.34. The maximum atomic E-state index is 5.17. The topological polar surface area (TPSA) is 44.2 Å². The molecule has 136 valence electrons. The first-order valence-corrected chi connectivity index (χ1v) is 12.6. The molecule has 0 aromatic carbocycles. The Labute approximate surface area is 172 Å². The lowest BCUT2D eigenvalue weighted by atomic mass is 10.2. The van der Waals surface area contributed by atoms with Gasteiger partial charge in [-0.25, -0.2) is 9.97 Å². The highest BCUT2D eigenvalue weighted by Crippen LogP contribution is 2.44. The van der Waals surface area contributed by atoms with Crippen LogP contribution in [0.25, 0.3) is 0 Å². The molecule has 2 saturated carbocycles. The molecule has 0 aliphatic heterocycles. The van der Waals surface area contributed by atoms with Crippen LogP contribution in [0.4, 0.5) is 0 Å². The van der Waals surface area contributed by atoms with Crippen LogP contribution < -0.4 is 9.47 Å². The molecular weight excluding hydrogens is 516 g/mol. The fourth-order valence-electron chi connectivity index (χ4n) is 2.58. The van der Waals surface area contributed by atoms with Crippen LogP contribution in [-0.4, -0.2) is 24.2 Å². The highest BCUT2D eigenvalue weighted by molar-refractivity contribution is 9.93. The van der Waals surface area contributed by atoms with E-state index in [1.807, 2.05) is 6.07 Å². The van der Waals surface area contributed by atoms with Gasteiger partial charge < -0.3 is 9.47 Å². The number of hydrogen-bond donors (Lipinski definition) is 0. The smallest absolute Gasteiger partial charge is 0.216 e. The Balaban J connectivity index is 0.000000165. The summed E-state index contributed by atoms with van der Waals surface area (Å²) in [6, 6.07) is 6.17. The second-order valence-corrected chi connectivity index (χ2v) is 6.82. The highest BCUT2D eigenvalue weighted by Gasteiger charge is 2.27. The lowest BCUT2D eigenvalue weighted by Crippen LogP contribution is -1.93. The van der Waals surface area contributed by atoms with Crippen molar-refractivity contribution in [3.05, 3.63) is 46.2 Å². The van der Waals surface area contributed by atoms with Crippen molar-refractivity contribution >= 4 is 44.2 Å². The van der Waals surface area contributed by atoms with E-state index in [4.69, 9.17) is 9.47 Å². The van der Waals surface area contributed by atoms with Crippen molar-refractivity contribution in [2.24, 2.45) is 0 Å². The van der Waals surface area contributed by atoms with Crippen molar-refractivity contribution in [1.82, 2.24) is 9.97 Å². The van der Waals surface area contributed by atoms with Gasteiger partial charge in [0.2, 0.25) is 11.8 Å². The number of rotatable bonds is 4. The van der Waals surface area contributed by atoms with E-state index in [-0.39, 0.29) is 0 Å². The van der Waals surface area contributed by atoms with Gasteiger partial charge in [0.15, 0.2) is 0 Å². The molecule has 0 amide bonds. The summed E-state index contributed by atoms with van der Waals surface area (Å²) in [4.78, 5) is 8.33. The molecule has 0 atom stereocenters. The summed E-state index contributed by atoms with van der Waals surface area (Å²) < 4.78 is 11.3. The largest absolute Gasteiger partial charge is 0.481 e. The van der Waals surface area contributed by atoms with Gasteiger partial charge >= 0.3 is 0 Å². The Bertz CT molecular complexity index is 677. The molecule has 2 fully saturated rings. The van der Waals surface area contributed by atoms with E-state index in [0.29, 0.717) is 5.92 Å². The molecule has 4 nitrogen and oxygen atoms in total. The van der Waals surface area contributed by atoms with Gasteiger partial charge in [-0.05, 0) is 65.6 Å². The fraction of sp³-hybridized carbons (Fsp3) is 0.444. The monoisotopic (exact) mass is 534 g/mol. The fourth-order valence-corrected chi connectivity index (χ4v) is 2.93. The normalized spacial score (nSPS) is 15.2. The van der Waals surface area contributed by atoms with Gasteiger partial charge in [-0.15, -0.1) is 0 Å². The quantitative estimate of drug-likeness (QED) is 0.454. The van der Waals surface area contributed by atoms with Crippen molar-refractivity contribution < 1.29 is 9.47 Å². The minimum absolute atomic E-state index is 0.685. The first-order chi connectivity index (χ1) is 12.2. The number of pyridine rings is 2. The molecule has 0 unspecified atom stereocenters. The molecular formula is C18H21Br3N2O2. The molecule has 2 aliphatic rings. The van der Waals surface area contributed by atoms with Crippen molar-refractivity contribution in [2.75, 3.05) is 14.2 Å². The van der Waals surface area contributed by atoms with Crippen LogP contribution in [0.2, 0.25) is 0 Å². The number of aromatic nitrogens is 2. The molecule has 4 rings (SSSR count). The molecule has 0 saturated heterocycles. The Hall–Kier alpha value is -0.660. The number of nitrogens with zero attached hydrogens (tertiary/aromatic N) is 2. The SMILES string of the molecule is BrBr.COc1ncc(Br)cc1C1CC1.COc1ncccc1C1CC1. The predicted octanol–water partition coefficient (Wildman–Crippen LogP) is 6.39. The Morgan fingerprint density at radius 3 is 2.04 bits per heavy atom. The van der Waals surface area contributed by atoms with Crippen LogP contribution in [-0.2, 0) is 0 Å². The molecule has 2 aromatic heterocycles. The van der Waals surface area contributed by atoms with E-state index in [1.165, 1.54) is 36.8 Å². The molecule has 25 heavy (non-hydrogen) atoms. The van der Waals surface area contributed by atoms with Crippen LogP contribution in [0.15, 0.2) is 35.1 Å². The molecule has 0 bridgehead atoms. The average molecular weight is 537 g/mol. The predicted molar refractivity (Wildman–Crippen MR) is 111 cm³/mol. The first-order valence-electron chi connectivity index (χ1n) is 8.05. The zero-order valence-electron chi connectivity index (χ0n) is 14.2. The summed E-state index contributed by atoms with van der Waals surface area (Å²) >= 11 is 8.90. The van der Waals surface area contributed by atoms with E-state index in [2.05, 4.69) is 66.3 Å². The van der Waals surface area contributed by atoms with E-state index >= 15 is 0 Å².